The van der Waals surface area contributed by atoms with E-state index < -0.39 is 0 Å². The van der Waals surface area contributed by atoms with E-state index in [9.17, 15) is 0 Å². The van der Waals surface area contributed by atoms with Crippen molar-refractivity contribution in [2.45, 2.75) is 0 Å². The van der Waals surface area contributed by atoms with Gasteiger partial charge in [-0.2, -0.15) is 10.2 Å². The molecule has 0 aliphatic heterocycles. The van der Waals surface area contributed by atoms with Crippen molar-refractivity contribution >= 4 is 13.1 Å². The maximum atomic E-state index is 3.36. The van der Waals surface area contributed by atoms with Crippen molar-refractivity contribution in [3.8, 4) is 0 Å². The first-order valence-corrected chi connectivity index (χ1v) is 1.68. The fourth-order valence-corrected chi connectivity index (χ4v) is 0.111. The maximum Gasteiger partial charge on any atom is 0.160 e. The van der Waals surface area contributed by atoms with Crippen molar-refractivity contribution in [2.24, 2.45) is 20.4 Å². The van der Waals surface area contributed by atoms with Crippen molar-refractivity contribution in [3.63, 3.8) is 0 Å². The van der Waals surface area contributed by atoms with Crippen LogP contribution in [-0.4, -0.2) is 20.1 Å². The SMILES string of the molecule is C=N/N=C\N=N/C. The van der Waals surface area contributed by atoms with E-state index in [2.05, 4.69) is 27.1 Å². The summed E-state index contributed by atoms with van der Waals surface area (Å²) in [5, 5.41) is 13.2. The van der Waals surface area contributed by atoms with E-state index in [1.165, 1.54) is 6.34 Å². The van der Waals surface area contributed by atoms with E-state index in [1.807, 2.05) is 0 Å². The molecule has 7 heavy (non-hydrogen) atoms. The number of hydrogen-bond donors (Lipinski definition) is 0. The summed E-state index contributed by atoms with van der Waals surface area (Å²) < 4.78 is 0. The normalized spacial score (nSPS) is 11.0. The summed E-state index contributed by atoms with van der Waals surface area (Å²) in [5.74, 6) is 0. The van der Waals surface area contributed by atoms with Crippen LogP contribution in [0.3, 0.4) is 0 Å². The van der Waals surface area contributed by atoms with Gasteiger partial charge in [-0.25, -0.2) is 0 Å². The summed E-state index contributed by atoms with van der Waals surface area (Å²) in [7, 11) is 1.55. The summed E-state index contributed by atoms with van der Waals surface area (Å²) >= 11 is 0. The number of nitrogens with zero attached hydrogens (tertiary/aromatic N) is 4. The van der Waals surface area contributed by atoms with E-state index >= 15 is 0 Å². The smallest absolute Gasteiger partial charge is 0.160 e. The molecule has 0 N–H and O–H groups in total. The molecule has 0 saturated carbocycles. The molecular formula is C3H6N4. The van der Waals surface area contributed by atoms with Gasteiger partial charge in [-0.3, -0.25) is 0 Å². The largest absolute Gasteiger partial charge is 0.191 e. The molecule has 0 saturated heterocycles. The van der Waals surface area contributed by atoms with Crippen LogP contribution in [0.15, 0.2) is 20.4 Å². The van der Waals surface area contributed by atoms with Gasteiger partial charge in [0.1, 0.15) is 0 Å². The molecule has 0 aromatic heterocycles. The molecule has 0 rings (SSSR count). The minimum absolute atomic E-state index is 1.22. The van der Waals surface area contributed by atoms with Gasteiger partial charge in [-0.1, -0.05) is 0 Å². The Morgan fingerprint density at radius 1 is 1.57 bits per heavy atom. The summed E-state index contributed by atoms with van der Waals surface area (Å²) in [6.45, 7) is 3.08. The summed E-state index contributed by atoms with van der Waals surface area (Å²) in [4.78, 5) is 0. The standard InChI is InChI=1S/C3H6N4/c1-4-6-3-7-5-2/h3H,1H2,2H3/b6-3-,7-5-. The minimum atomic E-state index is 1.22. The Labute approximate surface area is 41.7 Å². The zero-order chi connectivity index (χ0) is 5.54. The Kier molecular flexibility index (Phi) is 4.19. The molecule has 0 heterocycles. The molecule has 0 aromatic carbocycles. The van der Waals surface area contributed by atoms with Crippen molar-refractivity contribution in [2.75, 3.05) is 7.05 Å². The molecule has 0 bridgehead atoms. The highest BCUT2D eigenvalue weighted by molar-refractivity contribution is 5.54. The number of hydrogen-bond acceptors (Lipinski definition) is 3. The highest BCUT2D eigenvalue weighted by Crippen LogP contribution is 1.64. The van der Waals surface area contributed by atoms with E-state index in [0.29, 0.717) is 0 Å². The second kappa shape index (κ2) is 4.94. The average Bonchev–Trinajstić information content (AvgIpc) is 1.69. The van der Waals surface area contributed by atoms with Gasteiger partial charge in [0.2, 0.25) is 0 Å². The first kappa shape index (κ1) is 5.94. The van der Waals surface area contributed by atoms with Crippen LogP contribution in [0.4, 0.5) is 0 Å². The van der Waals surface area contributed by atoms with Crippen LogP contribution < -0.4 is 0 Å². The van der Waals surface area contributed by atoms with E-state index in [0.717, 1.165) is 0 Å². The maximum absolute atomic E-state index is 3.36. The van der Waals surface area contributed by atoms with Gasteiger partial charge < -0.3 is 0 Å². The van der Waals surface area contributed by atoms with Crippen molar-refractivity contribution in [1.82, 2.24) is 0 Å². The van der Waals surface area contributed by atoms with Crippen LogP contribution in [0.1, 0.15) is 0 Å². The molecule has 0 aliphatic carbocycles. The second-order valence-electron chi connectivity index (χ2n) is 0.688. The second-order valence-corrected chi connectivity index (χ2v) is 0.688. The molecule has 0 radical (unpaired) electrons. The molecular weight excluding hydrogens is 92.1 g/mol. The molecule has 38 valence electrons. The van der Waals surface area contributed by atoms with Crippen LogP contribution in [0.25, 0.3) is 0 Å². The topological polar surface area (TPSA) is 49.4 Å². The van der Waals surface area contributed by atoms with Gasteiger partial charge in [0, 0.05) is 13.8 Å². The molecule has 4 nitrogen and oxygen atoms in total. The summed E-state index contributed by atoms with van der Waals surface area (Å²) in [6, 6.07) is 0. The highest BCUT2D eigenvalue weighted by atomic mass is 15.2. The molecule has 0 spiro atoms. The van der Waals surface area contributed by atoms with Gasteiger partial charge in [-0.15, -0.1) is 10.2 Å². The van der Waals surface area contributed by atoms with Crippen LogP contribution in [0.5, 0.6) is 0 Å². The Morgan fingerprint density at radius 2 is 2.29 bits per heavy atom. The summed E-state index contributed by atoms with van der Waals surface area (Å²) in [6.07, 6.45) is 1.22. The summed E-state index contributed by atoms with van der Waals surface area (Å²) in [5.41, 5.74) is 0. The van der Waals surface area contributed by atoms with E-state index in [-0.39, 0.29) is 0 Å². The third-order valence-electron chi connectivity index (χ3n) is 0.300. The molecule has 0 amide bonds. The Hall–Kier alpha value is -1.06. The fourth-order valence-electron chi connectivity index (χ4n) is 0.111. The van der Waals surface area contributed by atoms with Gasteiger partial charge in [-0.05, 0) is 0 Å². The van der Waals surface area contributed by atoms with Gasteiger partial charge in [0.05, 0.1) is 0 Å². The average molecular weight is 98.1 g/mol. The molecule has 4 heteroatoms. The lowest BCUT2D eigenvalue weighted by atomic mass is 11.3. The first-order chi connectivity index (χ1) is 3.41. The zero-order valence-corrected chi connectivity index (χ0v) is 4.07. The quantitative estimate of drug-likeness (QED) is 0.211. The van der Waals surface area contributed by atoms with Gasteiger partial charge in [0.25, 0.3) is 0 Å². The van der Waals surface area contributed by atoms with Crippen LogP contribution >= 0.6 is 0 Å². The molecule has 0 atom stereocenters. The van der Waals surface area contributed by atoms with Crippen LogP contribution in [0.2, 0.25) is 0 Å². The van der Waals surface area contributed by atoms with Gasteiger partial charge in [0.15, 0.2) is 6.34 Å². The van der Waals surface area contributed by atoms with E-state index in [4.69, 9.17) is 0 Å². The predicted molar refractivity (Wildman–Crippen MR) is 28.8 cm³/mol. The number of azo groups is 1. The zero-order valence-electron chi connectivity index (χ0n) is 4.07. The molecule has 0 aromatic rings. The molecule has 0 unspecified atom stereocenters. The van der Waals surface area contributed by atoms with Gasteiger partial charge >= 0.3 is 0 Å². The van der Waals surface area contributed by atoms with Crippen molar-refractivity contribution in [3.05, 3.63) is 0 Å². The van der Waals surface area contributed by atoms with Crippen molar-refractivity contribution < 1.29 is 0 Å². The third kappa shape index (κ3) is 4.94. The molecule has 0 aliphatic rings. The van der Waals surface area contributed by atoms with Crippen LogP contribution in [-0.2, 0) is 0 Å². The lowest BCUT2D eigenvalue weighted by Crippen LogP contribution is -1.57. The lowest BCUT2D eigenvalue weighted by molar-refractivity contribution is 1.18. The third-order valence-corrected chi connectivity index (χ3v) is 0.300. The molecule has 0 fully saturated rings. The lowest BCUT2D eigenvalue weighted by Gasteiger charge is -1.65. The first-order valence-electron chi connectivity index (χ1n) is 1.68. The number of rotatable bonds is 2. The predicted octanol–water partition coefficient (Wildman–Crippen LogP) is 0.712. The Balaban J connectivity index is 3.27. The fraction of sp³-hybridized carbons (Fsp3) is 0.333. The Morgan fingerprint density at radius 3 is 2.71 bits per heavy atom. The van der Waals surface area contributed by atoms with Crippen molar-refractivity contribution in [1.29, 1.82) is 0 Å². The van der Waals surface area contributed by atoms with E-state index in [1.54, 1.807) is 7.05 Å². The minimum Gasteiger partial charge on any atom is -0.191 e. The Bertz CT molecular complexity index is 93.1. The highest BCUT2D eigenvalue weighted by Gasteiger charge is 1.53. The monoisotopic (exact) mass is 98.1 g/mol. The van der Waals surface area contributed by atoms with Crippen LogP contribution in [0, 0.1) is 0 Å².